The Morgan fingerprint density at radius 1 is 1.05 bits per heavy atom. The molecule has 0 spiro atoms. The van der Waals surface area contributed by atoms with Crippen LogP contribution in [-0.2, 0) is 0 Å². The topological polar surface area (TPSA) is 30.5 Å². The number of ether oxygens (including phenoxy) is 2. The normalized spacial score (nSPS) is 14.0. The zero-order valence-electron chi connectivity index (χ0n) is 11.0. The Morgan fingerprint density at radius 3 is 2.05 bits per heavy atom. The second-order valence-corrected chi connectivity index (χ2v) is 3.95. The molecule has 0 aliphatic heterocycles. The molecule has 0 heterocycles. The highest BCUT2D eigenvalue weighted by Gasteiger charge is 2.62. The predicted octanol–water partition coefficient (Wildman–Crippen LogP) is 3.16. The highest BCUT2D eigenvalue weighted by Crippen LogP contribution is 2.46. The van der Waals surface area contributed by atoms with Crippen LogP contribution in [0.25, 0.3) is 0 Å². The van der Waals surface area contributed by atoms with Gasteiger partial charge in [-0.15, -0.1) is 0 Å². The number of hydrogen-bond donors (Lipinski definition) is 1. The summed E-state index contributed by atoms with van der Waals surface area (Å²) in [5.41, 5.74) is -0.336. The van der Waals surface area contributed by atoms with Gasteiger partial charge < -0.3 is 14.8 Å². The van der Waals surface area contributed by atoms with Gasteiger partial charge in [-0.25, -0.2) is 0 Å². The Labute approximate surface area is 112 Å². The van der Waals surface area contributed by atoms with Gasteiger partial charge in [0.1, 0.15) is 17.5 Å². The first-order chi connectivity index (χ1) is 9.18. The van der Waals surface area contributed by atoms with Crippen molar-refractivity contribution in [3.05, 3.63) is 23.8 Å². The van der Waals surface area contributed by atoms with Crippen LogP contribution < -0.4 is 14.8 Å². The van der Waals surface area contributed by atoms with Crippen LogP contribution in [0.2, 0.25) is 0 Å². The minimum atomic E-state index is -5.69. The molecular weight excluding hydrogens is 285 g/mol. The van der Waals surface area contributed by atoms with Gasteiger partial charge in [0.2, 0.25) is 0 Å². The fourth-order valence-electron chi connectivity index (χ4n) is 1.76. The molecule has 0 aliphatic carbocycles. The van der Waals surface area contributed by atoms with Crippen molar-refractivity contribution >= 4 is 0 Å². The Hall–Kier alpha value is -1.57. The first-order valence-corrected chi connectivity index (χ1v) is 5.52. The predicted molar refractivity (Wildman–Crippen MR) is 62.3 cm³/mol. The van der Waals surface area contributed by atoms with E-state index in [0.717, 1.165) is 13.1 Å². The lowest BCUT2D eigenvalue weighted by Gasteiger charge is -2.29. The van der Waals surface area contributed by atoms with Gasteiger partial charge in [-0.05, 0) is 25.2 Å². The molecule has 0 amide bonds. The Balaban J connectivity index is 3.38. The van der Waals surface area contributed by atoms with Gasteiger partial charge in [0.15, 0.2) is 0 Å². The van der Waals surface area contributed by atoms with Crippen LogP contribution >= 0.6 is 0 Å². The quantitative estimate of drug-likeness (QED) is 0.847. The van der Waals surface area contributed by atoms with Crippen molar-refractivity contribution < 1.29 is 31.4 Å². The molecule has 1 aromatic carbocycles. The van der Waals surface area contributed by atoms with E-state index in [1.54, 1.807) is 0 Å². The molecule has 0 saturated carbocycles. The molecule has 8 heteroatoms. The standard InChI is InChI=1S/C12H14F5NO2/c1-18-10(11(13,14)12(15,16)17)8-6-7(19-2)4-5-9(8)20-3/h4-6,10,18H,1-3H3. The van der Waals surface area contributed by atoms with Crippen LogP contribution in [0.5, 0.6) is 11.5 Å². The van der Waals surface area contributed by atoms with E-state index >= 15 is 0 Å². The third kappa shape index (κ3) is 2.95. The third-order valence-corrected chi connectivity index (χ3v) is 2.78. The summed E-state index contributed by atoms with van der Waals surface area (Å²) < 4.78 is 74.3. The van der Waals surface area contributed by atoms with Gasteiger partial charge >= 0.3 is 12.1 Å². The molecule has 0 saturated heterocycles. The lowest BCUT2D eigenvalue weighted by atomic mass is 9.98. The smallest absolute Gasteiger partial charge is 0.455 e. The van der Waals surface area contributed by atoms with E-state index in [4.69, 9.17) is 9.47 Å². The molecule has 0 radical (unpaired) electrons. The summed E-state index contributed by atoms with van der Waals surface area (Å²) in [6.45, 7) is 0. The second-order valence-electron chi connectivity index (χ2n) is 3.95. The average Bonchev–Trinajstić information content (AvgIpc) is 2.37. The van der Waals surface area contributed by atoms with Gasteiger partial charge in [-0.3, -0.25) is 0 Å². The number of hydrogen-bond acceptors (Lipinski definition) is 3. The maximum atomic E-state index is 13.5. The molecule has 0 aromatic heterocycles. The fourth-order valence-corrected chi connectivity index (χ4v) is 1.76. The Kier molecular flexibility index (Phi) is 4.80. The van der Waals surface area contributed by atoms with E-state index in [2.05, 4.69) is 0 Å². The van der Waals surface area contributed by atoms with Crippen LogP contribution in [0.1, 0.15) is 11.6 Å². The molecule has 20 heavy (non-hydrogen) atoms. The van der Waals surface area contributed by atoms with E-state index in [1.165, 1.54) is 26.4 Å². The number of nitrogens with one attached hydrogen (secondary N) is 1. The SMILES string of the molecule is CNC(c1cc(OC)ccc1OC)C(F)(F)C(F)(F)F. The summed E-state index contributed by atoms with van der Waals surface area (Å²) in [4.78, 5) is 0. The first-order valence-electron chi connectivity index (χ1n) is 5.52. The maximum Gasteiger partial charge on any atom is 0.455 e. The van der Waals surface area contributed by atoms with Crippen LogP contribution in [0.3, 0.4) is 0 Å². The molecule has 0 fully saturated rings. The van der Waals surface area contributed by atoms with Gasteiger partial charge in [0.25, 0.3) is 0 Å². The number of rotatable bonds is 5. The van der Waals surface area contributed by atoms with Gasteiger partial charge in [-0.1, -0.05) is 0 Å². The van der Waals surface area contributed by atoms with E-state index in [9.17, 15) is 22.0 Å². The minimum absolute atomic E-state index is 0.0888. The zero-order chi connectivity index (χ0) is 15.6. The number of alkyl halides is 5. The van der Waals surface area contributed by atoms with E-state index in [-0.39, 0.29) is 17.1 Å². The lowest BCUT2D eigenvalue weighted by Crippen LogP contribution is -2.47. The van der Waals surface area contributed by atoms with E-state index in [1.807, 2.05) is 5.32 Å². The first kappa shape index (κ1) is 16.5. The van der Waals surface area contributed by atoms with Crippen LogP contribution in [-0.4, -0.2) is 33.4 Å². The Morgan fingerprint density at radius 2 is 1.65 bits per heavy atom. The molecule has 1 atom stereocenters. The number of halogens is 5. The van der Waals surface area contributed by atoms with Crippen LogP contribution in [0, 0.1) is 0 Å². The van der Waals surface area contributed by atoms with Crippen molar-refractivity contribution in [1.29, 1.82) is 0 Å². The summed E-state index contributed by atoms with van der Waals surface area (Å²) in [5.74, 6) is -4.89. The fraction of sp³-hybridized carbons (Fsp3) is 0.500. The zero-order valence-corrected chi connectivity index (χ0v) is 11.0. The van der Waals surface area contributed by atoms with Crippen molar-refractivity contribution in [2.45, 2.75) is 18.1 Å². The summed E-state index contributed by atoms with van der Waals surface area (Å²) >= 11 is 0. The summed E-state index contributed by atoms with van der Waals surface area (Å²) in [5, 5.41) is 1.99. The van der Waals surface area contributed by atoms with E-state index in [0.29, 0.717) is 0 Å². The summed E-state index contributed by atoms with van der Waals surface area (Å²) in [6, 6.07) is 1.47. The molecule has 1 unspecified atom stereocenters. The molecule has 1 rings (SSSR count). The van der Waals surface area contributed by atoms with Crippen molar-refractivity contribution in [2.24, 2.45) is 0 Å². The highest BCUT2D eigenvalue weighted by atomic mass is 19.4. The second kappa shape index (κ2) is 5.82. The molecule has 0 bridgehead atoms. The molecule has 0 aliphatic rings. The van der Waals surface area contributed by atoms with Crippen molar-refractivity contribution in [1.82, 2.24) is 5.32 Å². The van der Waals surface area contributed by atoms with Crippen LogP contribution in [0.15, 0.2) is 18.2 Å². The maximum absolute atomic E-state index is 13.5. The molecule has 1 aromatic rings. The molecular formula is C12H14F5NO2. The molecule has 1 N–H and O–H groups in total. The van der Waals surface area contributed by atoms with Crippen molar-refractivity contribution in [3.63, 3.8) is 0 Å². The average molecular weight is 299 g/mol. The van der Waals surface area contributed by atoms with Gasteiger partial charge in [0.05, 0.1) is 14.2 Å². The molecule has 3 nitrogen and oxygen atoms in total. The number of benzene rings is 1. The minimum Gasteiger partial charge on any atom is -0.497 e. The van der Waals surface area contributed by atoms with E-state index < -0.39 is 18.1 Å². The van der Waals surface area contributed by atoms with Gasteiger partial charge in [-0.2, -0.15) is 22.0 Å². The van der Waals surface area contributed by atoms with Gasteiger partial charge in [0, 0.05) is 5.56 Å². The third-order valence-electron chi connectivity index (χ3n) is 2.78. The Bertz CT molecular complexity index is 462. The monoisotopic (exact) mass is 299 g/mol. The summed E-state index contributed by atoms with van der Waals surface area (Å²) in [6.07, 6.45) is -5.69. The lowest BCUT2D eigenvalue weighted by molar-refractivity contribution is -0.294. The largest absolute Gasteiger partial charge is 0.497 e. The van der Waals surface area contributed by atoms with Crippen molar-refractivity contribution in [2.75, 3.05) is 21.3 Å². The number of methoxy groups -OCH3 is 2. The highest BCUT2D eigenvalue weighted by molar-refractivity contribution is 5.43. The van der Waals surface area contributed by atoms with Crippen LogP contribution in [0.4, 0.5) is 22.0 Å². The molecule has 114 valence electrons. The van der Waals surface area contributed by atoms with Crippen molar-refractivity contribution in [3.8, 4) is 11.5 Å². The summed E-state index contributed by atoms with van der Waals surface area (Å²) in [7, 11) is 3.48.